The van der Waals surface area contributed by atoms with E-state index < -0.39 is 38.0 Å². The fourth-order valence-electron chi connectivity index (χ4n) is 5.54. The predicted molar refractivity (Wildman–Crippen MR) is 147 cm³/mol. The van der Waals surface area contributed by atoms with Gasteiger partial charge < -0.3 is 14.7 Å². The maximum atomic E-state index is 14.1. The van der Waals surface area contributed by atoms with Crippen molar-refractivity contribution >= 4 is 49.1 Å². The highest BCUT2D eigenvalue weighted by atomic mass is 35.5. The molecule has 37 heavy (non-hydrogen) atoms. The average molecular weight is 563 g/mol. The summed E-state index contributed by atoms with van der Waals surface area (Å²) in [6.45, 7) is 7.03. The second-order valence-electron chi connectivity index (χ2n) is 11.2. The topological polar surface area (TPSA) is 83.9 Å². The fraction of sp³-hybridized carbons (Fsp3) is 0.464. The molecule has 4 unspecified atom stereocenters. The number of hydrogen-bond acceptors (Lipinski definition) is 4. The van der Waals surface area contributed by atoms with Crippen LogP contribution in [0.15, 0.2) is 42.5 Å². The van der Waals surface area contributed by atoms with Crippen LogP contribution in [-0.4, -0.2) is 48.6 Å². The lowest BCUT2D eigenvalue weighted by Gasteiger charge is -2.48. The number of ether oxygens (including phenoxy) is 1. The second kappa shape index (κ2) is 11.2. The molecule has 0 aromatic heterocycles. The Morgan fingerprint density at radius 3 is 2.43 bits per heavy atom. The highest BCUT2D eigenvalue weighted by molar-refractivity contribution is 6.76. The van der Waals surface area contributed by atoms with Gasteiger partial charge in [-0.1, -0.05) is 80.0 Å². The Bertz CT molecular complexity index is 1200. The molecule has 1 N–H and O–H groups in total. The van der Waals surface area contributed by atoms with Crippen LogP contribution in [0.1, 0.15) is 59.1 Å². The number of carboxylic acid groups (broad SMARTS) is 1. The van der Waals surface area contributed by atoms with Crippen molar-refractivity contribution in [2.24, 2.45) is 5.92 Å². The number of nitrogens with zero attached hydrogens (tertiary/aromatic N) is 1. The van der Waals surface area contributed by atoms with Gasteiger partial charge in [-0.25, -0.2) is 0 Å². The third-order valence-electron chi connectivity index (χ3n) is 7.41. The van der Waals surface area contributed by atoms with Crippen LogP contribution in [-0.2, 0) is 14.3 Å². The normalized spacial score (nSPS) is 23.9. The summed E-state index contributed by atoms with van der Waals surface area (Å²) in [5.74, 6) is -3.27. The second-order valence-corrected chi connectivity index (χ2v) is 17.6. The Labute approximate surface area is 228 Å². The third-order valence-corrected chi connectivity index (χ3v) is 9.68. The number of hydrogen-bond donors (Lipinski definition) is 1. The molecular weight excluding hydrogens is 529 g/mol. The Morgan fingerprint density at radius 2 is 1.76 bits per heavy atom. The van der Waals surface area contributed by atoms with Crippen molar-refractivity contribution in [1.29, 1.82) is 0 Å². The number of aliphatic carboxylic acids is 1. The summed E-state index contributed by atoms with van der Waals surface area (Å²) in [6.07, 6.45) is 2.83. The highest BCUT2D eigenvalue weighted by Crippen LogP contribution is 2.48. The minimum Gasteiger partial charge on any atom is -0.481 e. The Hall–Kier alpha value is -2.35. The molecule has 1 aliphatic heterocycles. The van der Waals surface area contributed by atoms with Crippen molar-refractivity contribution in [3.8, 4) is 0 Å². The van der Waals surface area contributed by atoms with Gasteiger partial charge in [-0.15, -0.1) is 0 Å². The summed E-state index contributed by atoms with van der Waals surface area (Å²) in [7, 11) is -1.39. The van der Waals surface area contributed by atoms with Gasteiger partial charge in [0, 0.05) is 29.7 Å². The van der Waals surface area contributed by atoms with Crippen LogP contribution in [0.5, 0.6) is 0 Å². The van der Waals surface area contributed by atoms with E-state index in [1.807, 2.05) is 0 Å². The molecule has 6 nitrogen and oxygen atoms in total. The Morgan fingerprint density at radius 1 is 1.05 bits per heavy atom. The van der Waals surface area contributed by atoms with Gasteiger partial charge in [0.2, 0.25) is 0 Å². The lowest BCUT2D eigenvalue weighted by Crippen LogP contribution is -2.54. The van der Waals surface area contributed by atoms with Crippen molar-refractivity contribution < 1.29 is 24.2 Å². The Kier molecular flexibility index (Phi) is 8.36. The van der Waals surface area contributed by atoms with Gasteiger partial charge in [-0.2, -0.15) is 0 Å². The first kappa shape index (κ1) is 27.7. The summed E-state index contributed by atoms with van der Waals surface area (Å²) in [5.41, 5.74) is 1.28. The number of carbonyl (C=O) groups is 3. The summed E-state index contributed by atoms with van der Waals surface area (Å²) in [5, 5.41) is 11.1. The van der Waals surface area contributed by atoms with Crippen LogP contribution < -0.4 is 0 Å². The summed E-state index contributed by atoms with van der Waals surface area (Å²) >= 11 is 12.8. The average Bonchev–Trinajstić information content (AvgIpc) is 2.83. The number of rotatable bonds is 7. The van der Waals surface area contributed by atoms with E-state index in [0.717, 1.165) is 18.9 Å². The van der Waals surface area contributed by atoms with Gasteiger partial charge in [0.15, 0.2) is 0 Å². The minimum absolute atomic E-state index is 0.283. The number of amides is 1. The molecule has 2 aromatic rings. The van der Waals surface area contributed by atoms with E-state index in [-0.39, 0.29) is 16.9 Å². The van der Waals surface area contributed by atoms with Crippen LogP contribution in [0.3, 0.4) is 0 Å². The molecule has 2 aromatic carbocycles. The van der Waals surface area contributed by atoms with E-state index in [4.69, 9.17) is 27.9 Å². The molecule has 9 heteroatoms. The van der Waals surface area contributed by atoms with Gasteiger partial charge >= 0.3 is 11.9 Å². The first-order chi connectivity index (χ1) is 17.5. The molecular formula is C28H33Cl2NO5Si. The first-order valence-electron chi connectivity index (χ1n) is 12.8. The van der Waals surface area contributed by atoms with Gasteiger partial charge in [-0.05, 0) is 48.2 Å². The fourth-order valence-corrected chi connectivity index (χ4v) is 6.77. The van der Waals surface area contributed by atoms with Crippen molar-refractivity contribution in [3.63, 3.8) is 0 Å². The van der Waals surface area contributed by atoms with Crippen molar-refractivity contribution in [3.05, 3.63) is 69.2 Å². The number of benzene rings is 2. The molecule has 198 valence electrons. The van der Waals surface area contributed by atoms with Gasteiger partial charge in [-0.3, -0.25) is 14.4 Å². The molecule has 1 amide bonds. The molecule has 1 saturated carbocycles. The van der Waals surface area contributed by atoms with E-state index in [2.05, 4.69) is 19.6 Å². The van der Waals surface area contributed by atoms with Crippen LogP contribution in [0.2, 0.25) is 35.7 Å². The largest absolute Gasteiger partial charge is 0.481 e. The van der Waals surface area contributed by atoms with Crippen molar-refractivity contribution in [2.75, 3.05) is 6.61 Å². The number of esters is 1. The zero-order valence-corrected chi connectivity index (χ0v) is 23.9. The third kappa shape index (κ3) is 5.89. The Balaban J connectivity index is 1.80. The smallest absolute Gasteiger partial charge is 0.313 e. The monoisotopic (exact) mass is 561 g/mol. The lowest BCUT2D eigenvalue weighted by atomic mass is 9.75. The zero-order valence-electron chi connectivity index (χ0n) is 21.4. The summed E-state index contributed by atoms with van der Waals surface area (Å²) in [6, 6.07) is 11.1. The molecule has 0 saturated heterocycles. The van der Waals surface area contributed by atoms with Crippen molar-refractivity contribution in [1.82, 2.24) is 4.90 Å². The number of carbonyl (C=O) groups excluding carboxylic acids is 2. The van der Waals surface area contributed by atoms with E-state index in [1.54, 1.807) is 47.4 Å². The number of fused-ring (bicyclic) bond motifs is 1. The molecule has 2 aliphatic rings. The number of halogens is 2. The molecule has 0 bridgehead atoms. The van der Waals surface area contributed by atoms with Crippen LogP contribution in [0.4, 0.5) is 0 Å². The highest BCUT2D eigenvalue weighted by Gasteiger charge is 2.50. The maximum absolute atomic E-state index is 14.1. The lowest BCUT2D eigenvalue weighted by molar-refractivity contribution is -0.152. The van der Waals surface area contributed by atoms with Crippen molar-refractivity contribution in [2.45, 2.75) is 69.4 Å². The summed E-state index contributed by atoms with van der Waals surface area (Å²) in [4.78, 5) is 41.8. The predicted octanol–water partition coefficient (Wildman–Crippen LogP) is 6.80. The minimum atomic E-state index is -1.39. The molecule has 1 fully saturated rings. The molecule has 1 aliphatic carbocycles. The molecule has 0 spiro atoms. The summed E-state index contributed by atoms with van der Waals surface area (Å²) < 4.78 is 5.74. The SMILES string of the molecule is C[Si](C)(C)CCOC(=O)C1CCCCC1N1C(=O)c2ccccc2C(C(=O)O)C1c1ccc(Cl)cc1Cl. The van der Waals surface area contributed by atoms with E-state index in [0.29, 0.717) is 41.2 Å². The quantitative estimate of drug-likeness (QED) is 0.297. The van der Waals surface area contributed by atoms with Crippen LogP contribution in [0, 0.1) is 5.92 Å². The molecule has 4 rings (SSSR count). The maximum Gasteiger partial charge on any atom is 0.313 e. The first-order valence-corrected chi connectivity index (χ1v) is 17.2. The van der Waals surface area contributed by atoms with E-state index >= 15 is 0 Å². The van der Waals surface area contributed by atoms with Crippen LogP contribution in [0.25, 0.3) is 0 Å². The van der Waals surface area contributed by atoms with Crippen LogP contribution >= 0.6 is 23.2 Å². The standard InChI is InChI=1S/C28H33Cl2NO5Si/c1-37(2,3)15-14-36-28(35)21-10-6-7-11-23(21)31-25(20-13-12-17(29)16-22(20)30)24(27(33)34)18-8-4-5-9-19(18)26(31)32/h4-5,8-9,12-13,16,21,23-25H,6-7,10-11,14-15H2,1-3H3,(H,33,34). The molecule has 4 atom stereocenters. The molecule has 1 heterocycles. The van der Waals surface area contributed by atoms with Gasteiger partial charge in [0.05, 0.1) is 18.6 Å². The van der Waals surface area contributed by atoms with E-state index in [1.165, 1.54) is 0 Å². The zero-order chi connectivity index (χ0) is 26.9. The van der Waals surface area contributed by atoms with Gasteiger partial charge in [0.25, 0.3) is 5.91 Å². The molecule has 0 radical (unpaired) electrons. The number of carboxylic acids is 1. The van der Waals surface area contributed by atoms with Gasteiger partial charge in [0.1, 0.15) is 5.92 Å². The van der Waals surface area contributed by atoms with E-state index in [9.17, 15) is 19.5 Å².